The summed E-state index contributed by atoms with van der Waals surface area (Å²) in [5.41, 5.74) is 0. The molecule has 2 atom stereocenters. The molecule has 2 nitrogen and oxygen atoms in total. The van der Waals surface area contributed by atoms with Crippen LogP contribution in [0.1, 0.15) is 45.4 Å². The molecule has 1 N–H and O–H groups in total. The summed E-state index contributed by atoms with van der Waals surface area (Å²) >= 11 is 2.40. The Labute approximate surface area is 107 Å². The SMILES string of the molecule is CC1CCCC1C(=O)NCCCCCI. The molecule has 88 valence electrons. The van der Waals surface area contributed by atoms with Gasteiger partial charge in [0.2, 0.25) is 5.91 Å². The van der Waals surface area contributed by atoms with Gasteiger partial charge < -0.3 is 5.32 Å². The van der Waals surface area contributed by atoms with Gasteiger partial charge in [-0.1, -0.05) is 42.4 Å². The molecule has 1 saturated carbocycles. The molecule has 1 amide bonds. The Morgan fingerprint density at radius 3 is 2.73 bits per heavy atom. The molecular formula is C12H22INO. The van der Waals surface area contributed by atoms with Crippen molar-refractivity contribution in [3.8, 4) is 0 Å². The lowest BCUT2D eigenvalue weighted by Crippen LogP contribution is -2.32. The number of hydrogen-bond acceptors (Lipinski definition) is 1. The summed E-state index contributed by atoms with van der Waals surface area (Å²) in [6.07, 6.45) is 7.21. The maximum Gasteiger partial charge on any atom is 0.223 e. The third-order valence-electron chi connectivity index (χ3n) is 3.31. The summed E-state index contributed by atoms with van der Waals surface area (Å²) in [5, 5.41) is 3.07. The highest BCUT2D eigenvalue weighted by atomic mass is 127. The van der Waals surface area contributed by atoms with E-state index in [1.54, 1.807) is 0 Å². The second-order valence-corrected chi connectivity index (χ2v) is 5.63. The van der Waals surface area contributed by atoms with Gasteiger partial charge in [-0.15, -0.1) is 0 Å². The number of amides is 1. The van der Waals surface area contributed by atoms with Crippen molar-refractivity contribution >= 4 is 28.5 Å². The van der Waals surface area contributed by atoms with Crippen LogP contribution in [0.3, 0.4) is 0 Å². The van der Waals surface area contributed by atoms with E-state index in [4.69, 9.17) is 0 Å². The van der Waals surface area contributed by atoms with Crippen LogP contribution in [0.4, 0.5) is 0 Å². The van der Waals surface area contributed by atoms with Crippen molar-refractivity contribution in [1.29, 1.82) is 0 Å². The first-order valence-electron chi connectivity index (χ1n) is 6.09. The van der Waals surface area contributed by atoms with E-state index in [1.807, 2.05) is 0 Å². The zero-order chi connectivity index (χ0) is 11.1. The Bertz CT molecular complexity index is 196. The van der Waals surface area contributed by atoms with Gasteiger partial charge in [-0.25, -0.2) is 0 Å². The van der Waals surface area contributed by atoms with Gasteiger partial charge in [0.15, 0.2) is 0 Å². The van der Waals surface area contributed by atoms with Gasteiger partial charge in [0.25, 0.3) is 0 Å². The lowest BCUT2D eigenvalue weighted by molar-refractivity contribution is -0.125. The van der Waals surface area contributed by atoms with Crippen LogP contribution in [-0.4, -0.2) is 16.9 Å². The predicted molar refractivity (Wildman–Crippen MR) is 72.3 cm³/mol. The molecule has 0 spiro atoms. The maximum absolute atomic E-state index is 11.8. The molecular weight excluding hydrogens is 301 g/mol. The molecule has 0 aromatic carbocycles. The lowest BCUT2D eigenvalue weighted by Gasteiger charge is -2.14. The van der Waals surface area contributed by atoms with Crippen molar-refractivity contribution in [1.82, 2.24) is 5.32 Å². The van der Waals surface area contributed by atoms with Crippen molar-refractivity contribution < 1.29 is 4.79 Å². The van der Waals surface area contributed by atoms with Crippen LogP contribution in [0, 0.1) is 11.8 Å². The van der Waals surface area contributed by atoms with Crippen LogP contribution in [0.5, 0.6) is 0 Å². The third kappa shape index (κ3) is 4.70. The minimum absolute atomic E-state index is 0.300. The largest absolute Gasteiger partial charge is 0.356 e. The number of nitrogens with one attached hydrogen (secondary N) is 1. The summed E-state index contributed by atoms with van der Waals surface area (Å²) < 4.78 is 1.23. The van der Waals surface area contributed by atoms with Crippen LogP contribution in [-0.2, 0) is 4.79 Å². The summed E-state index contributed by atoms with van der Waals surface area (Å²) in [7, 11) is 0. The molecule has 0 aliphatic heterocycles. The Morgan fingerprint density at radius 2 is 2.13 bits per heavy atom. The topological polar surface area (TPSA) is 29.1 Å². The minimum Gasteiger partial charge on any atom is -0.356 e. The Morgan fingerprint density at radius 1 is 1.33 bits per heavy atom. The quantitative estimate of drug-likeness (QED) is 0.454. The standard InChI is InChI=1S/C12H22INO/c1-10-6-5-7-11(10)12(15)14-9-4-2-3-8-13/h10-11H,2-9H2,1H3,(H,14,15). The van der Waals surface area contributed by atoms with Crippen molar-refractivity contribution in [2.24, 2.45) is 11.8 Å². The predicted octanol–water partition coefficient (Wildman–Crippen LogP) is 3.14. The molecule has 3 heteroatoms. The fraction of sp³-hybridized carbons (Fsp3) is 0.917. The van der Waals surface area contributed by atoms with Crippen LogP contribution in [0.2, 0.25) is 0 Å². The van der Waals surface area contributed by atoms with Gasteiger partial charge in [-0.05, 0) is 36.0 Å². The Hall–Kier alpha value is 0.200. The van der Waals surface area contributed by atoms with Crippen molar-refractivity contribution in [3.05, 3.63) is 0 Å². The van der Waals surface area contributed by atoms with Gasteiger partial charge in [0, 0.05) is 12.5 Å². The Balaban J connectivity index is 2.08. The number of unbranched alkanes of at least 4 members (excludes halogenated alkanes) is 2. The molecule has 1 aliphatic carbocycles. The zero-order valence-corrected chi connectivity index (χ0v) is 11.8. The molecule has 1 fully saturated rings. The second-order valence-electron chi connectivity index (χ2n) is 4.56. The van der Waals surface area contributed by atoms with Crippen LogP contribution >= 0.6 is 22.6 Å². The molecule has 1 aliphatic rings. The number of alkyl halides is 1. The first kappa shape index (κ1) is 13.3. The first-order valence-corrected chi connectivity index (χ1v) is 7.62. The third-order valence-corrected chi connectivity index (χ3v) is 4.07. The van der Waals surface area contributed by atoms with E-state index in [0.29, 0.717) is 17.7 Å². The van der Waals surface area contributed by atoms with Crippen molar-refractivity contribution in [2.45, 2.75) is 45.4 Å². The van der Waals surface area contributed by atoms with Crippen molar-refractivity contribution in [3.63, 3.8) is 0 Å². The van der Waals surface area contributed by atoms with E-state index in [9.17, 15) is 4.79 Å². The summed E-state index contributed by atoms with van der Waals surface area (Å²) in [5.74, 6) is 1.20. The lowest BCUT2D eigenvalue weighted by atomic mass is 9.97. The number of hydrogen-bond donors (Lipinski definition) is 1. The number of halogens is 1. The number of carbonyl (C=O) groups is 1. The molecule has 0 saturated heterocycles. The second kappa shape index (κ2) is 7.47. The van der Waals surface area contributed by atoms with E-state index < -0.39 is 0 Å². The molecule has 15 heavy (non-hydrogen) atoms. The molecule has 0 radical (unpaired) electrons. The van der Waals surface area contributed by atoms with Gasteiger partial charge in [-0.3, -0.25) is 4.79 Å². The minimum atomic E-state index is 0.300. The van der Waals surface area contributed by atoms with E-state index in [0.717, 1.165) is 19.4 Å². The van der Waals surface area contributed by atoms with E-state index >= 15 is 0 Å². The summed E-state index contributed by atoms with van der Waals surface area (Å²) in [6, 6.07) is 0. The molecule has 0 aromatic heterocycles. The highest BCUT2D eigenvalue weighted by Gasteiger charge is 2.29. The highest BCUT2D eigenvalue weighted by Crippen LogP contribution is 2.31. The fourth-order valence-corrected chi connectivity index (χ4v) is 2.81. The van der Waals surface area contributed by atoms with Gasteiger partial charge in [-0.2, -0.15) is 0 Å². The molecule has 0 heterocycles. The highest BCUT2D eigenvalue weighted by molar-refractivity contribution is 14.1. The van der Waals surface area contributed by atoms with Gasteiger partial charge in [0.05, 0.1) is 0 Å². The normalized spacial score (nSPS) is 25.5. The number of rotatable bonds is 6. The van der Waals surface area contributed by atoms with Gasteiger partial charge >= 0.3 is 0 Å². The Kier molecular flexibility index (Phi) is 6.61. The molecule has 2 unspecified atom stereocenters. The van der Waals surface area contributed by atoms with Gasteiger partial charge in [0.1, 0.15) is 0 Å². The van der Waals surface area contributed by atoms with Crippen molar-refractivity contribution in [2.75, 3.05) is 11.0 Å². The summed E-state index contributed by atoms with van der Waals surface area (Å²) in [6.45, 7) is 3.08. The van der Waals surface area contributed by atoms with E-state index in [1.165, 1.54) is 30.1 Å². The molecule has 1 rings (SSSR count). The smallest absolute Gasteiger partial charge is 0.223 e. The zero-order valence-electron chi connectivity index (χ0n) is 9.60. The molecule has 0 bridgehead atoms. The monoisotopic (exact) mass is 323 g/mol. The van der Waals surface area contributed by atoms with Crippen LogP contribution in [0.25, 0.3) is 0 Å². The van der Waals surface area contributed by atoms with Crippen LogP contribution < -0.4 is 5.32 Å². The number of carbonyl (C=O) groups excluding carboxylic acids is 1. The van der Waals surface area contributed by atoms with E-state index in [-0.39, 0.29) is 0 Å². The van der Waals surface area contributed by atoms with Crippen LogP contribution in [0.15, 0.2) is 0 Å². The molecule has 0 aromatic rings. The van der Waals surface area contributed by atoms with E-state index in [2.05, 4.69) is 34.8 Å². The average molecular weight is 323 g/mol. The summed E-state index contributed by atoms with van der Waals surface area (Å²) in [4.78, 5) is 11.8. The first-order chi connectivity index (χ1) is 7.25. The average Bonchev–Trinajstić information content (AvgIpc) is 2.64. The maximum atomic E-state index is 11.8. The fourth-order valence-electron chi connectivity index (χ4n) is 2.27.